The van der Waals surface area contributed by atoms with Crippen LogP contribution < -0.4 is 10.2 Å². The van der Waals surface area contributed by atoms with E-state index in [-0.39, 0.29) is 5.78 Å². The molecule has 1 heterocycles. The Morgan fingerprint density at radius 1 is 0.963 bits per heavy atom. The van der Waals surface area contributed by atoms with E-state index < -0.39 is 23.2 Å². The molecule has 1 aromatic rings. The summed E-state index contributed by atoms with van der Waals surface area (Å²) in [5.74, 6) is -0.0986. The monoisotopic (exact) mass is 374 g/mol. The summed E-state index contributed by atoms with van der Waals surface area (Å²) in [4.78, 5) is 27.7. The Morgan fingerprint density at radius 2 is 1.52 bits per heavy atom. The van der Waals surface area contributed by atoms with Crippen LogP contribution in [0.25, 0.3) is 0 Å². The number of Topliss-reactive ketones (excluding diaryl/α,β-unsaturated/α-hetero) is 1. The van der Waals surface area contributed by atoms with Crippen LogP contribution in [0.4, 0.5) is 10.5 Å². The molecule has 5 heteroatoms. The molecule has 0 bridgehead atoms. The van der Waals surface area contributed by atoms with E-state index in [0.29, 0.717) is 5.56 Å². The molecule has 1 aromatic carbocycles. The van der Waals surface area contributed by atoms with Gasteiger partial charge in [-0.3, -0.25) is 4.79 Å². The fourth-order valence-corrected chi connectivity index (χ4v) is 3.26. The highest BCUT2D eigenvalue weighted by molar-refractivity contribution is 6.02. The van der Waals surface area contributed by atoms with Gasteiger partial charge < -0.3 is 15.0 Å². The molecular formula is C22H34N2O3. The molecule has 0 spiro atoms. The lowest BCUT2D eigenvalue weighted by Gasteiger charge is -2.32. The molecule has 1 aliphatic rings. The maximum absolute atomic E-state index is 13.1. The van der Waals surface area contributed by atoms with Gasteiger partial charge in [-0.05, 0) is 69.7 Å². The second-order valence-corrected chi connectivity index (χ2v) is 9.40. The first-order valence-corrected chi connectivity index (χ1v) is 9.86. The van der Waals surface area contributed by atoms with Gasteiger partial charge in [0.25, 0.3) is 0 Å². The van der Waals surface area contributed by atoms with Crippen molar-refractivity contribution in [2.45, 2.75) is 72.4 Å². The van der Waals surface area contributed by atoms with Crippen LogP contribution in [0.5, 0.6) is 0 Å². The number of ketones is 1. The van der Waals surface area contributed by atoms with Crippen molar-refractivity contribution in [1.29, 1.82) is 0 Å². The fraction of sp³-hybridized carbons (Fsp3) is 0.636. The van der Waals surface area contributed by atoms with Crippen molar-refractivity contribution < 1.29 is 14.3 Å². The Morgan fingerprint density at radius 3 is 2.00 bits per heavy atom. The first kappa shape index (κ1) is 21.3. The number of hydrogen-bond donors (Lipinski definition) is 1. The van der Waals surface area contributed by atoms with Crippen LogP contribution in [0.1, 0.15) is 71.2 Å². The van der Waals surface area contributed by atoms with Gasteiger partial charge in [-0.1, -0.05) is 20.8 Å². The SMILES string of the molecule is CC(C)(C)OC(=O)NC(C(=O)c1ccc(N2CCCCC2)cc1)C(C)(C)C. The number of amides is 1. The molecule has 0 radical (unpaired) electrons. The van der Waals surface area contributed by atoms with Crippen LogP contribution in [-0.2, 0) is 4.74 Å². The molecule has 1 N–H and O–H groups in total. The Kier molecular flexibility index (Phi) is 6.55. The standard InChI is InChI=1S/C22H34N2O3/c1-21(2,3)19(23-20(26)27-22(4,5)6)18(25)16-10-12-17(13-11-16)24-14-8-7-9-15-24/h10-13,19H,7-9,14-15H2,1-6H3,(H,23,26). The van der Waals surface area contributed by atoms with Gasteiger partial charge in [0.05, 0.1) is 0 Å². The van der Waals surface area contributed by atoms with E-state index in [1.54, 1.807) is 20.8 Å². The summed E-state index contributed by atoms with van der Waals surface area (Å²) in [7, 11) is 0. The number of hydrogen-bond acceptors (Lipinski definition) is 4. The minimum absolute atomic E-state index is 0.0986. The molecule has 1 amide bonds. The van der Waals surface area contributed by atoms with Crippen LogP contribution >= 0.6 is 0 Å². The number of carbonyl (C=O) groups is 2. The smallest absolute Gasteiger partial charge is 0.408 e. The number of piperidine rings is 1. The van der Waals surface area contributed by atoms with Gasteiger partial charge in [0.1, 0.15) is 11.6 Å². The highest BCUT2D eigenvalue weighted by Gasteiger charge is 2.34. The number of nitrogens with one attached hydrogen (secondary N) is 1. The van der Waals surface area contributed by atoms with E-state index in [0.717, 1.165) is 18.8 Å². The maximum Gasteiger partial charge on any atom is 0.408 e. The van der Waals surface area contributed by atoms with E-state index in [9.17, 15) is 9.59 Å². The van der Waals surface area contributed by atoms with Crippen molar-refractivity contribution in [3.63, 3.8) is 0 Å². The largest absolute Gasteiger partial charge is 0.444 e. The molecule has 27 heavy (non-hydrogen) atoms. The summed E-state index contributed by atoms with van der Waals surface area (Å²) in [5, 5.41) is 2.77. The minimum atomic E-state index is -0.659. The van der Waals surface area contributed by atoms with Crippen LogP contribution in [-0.4, -0.2) is 36.6 Å². The number of anilines is 1. The number of ether oxygens (including phenoxy) is 1. The summed E-state index contributed by atoms with van der Waals surface area (Å²) in [5.41, 5.74) is 0.718. The van der Waals surface area contributed by atoms with Gasteiger partial charge in [-0.15, -0.1) is 0 Å². The van der Waals surface area contributed by atoms with Crippen LogP contribution in [0, 0.1) is 5.41 Å². The molecule has 0 saturated carbocycles. The molecule has 1 fully saturated rings. The van der Waals surface area contributed by atoms with E-state index in [4.69, 9.17) is 4.74 Å². The normalized spacial score (nSPS) is 16.6. The van der Waals surface area contributed by atoms with Crippen molar-refractivity contribution in [3.05, 3.63) is 29.8 Å². The molecular weight excluding hydrogens is 340 g/mol. The lowest BCUT2D eigenvalue weighted by molar-refractivity contribution is 0.0446. The predicted molar refractivity (Wildman–Crippen MR) is 109 cm³/mol. The summed E-state index contributed by atoms with van der Waals surface area (Å²) in [6, 6.07) is 7.08. The lowest BCUT2D eigenvalue weighted by Crippen LogP contribution is -2.50. The van der Waals surface area contributed by atoms with Gasteiger partial charge in [0.15, 0.2) is 5.78 Å². The van der Waals surface area contributed by atoms with E-state index >= 15 is 0 Å². The zero-order chi connectivity index (χ0) is 20.2. The highest BCUT2D eigenvalue weighted by Crippen LogP contribution is 2.25. The average Bonchev–Trinajstić information content (AvgIpc) is 2.57. The summed E-state index contributed by atoms with van der Waals surface area (Å²) >= 11 is 0. The van der Waals surface area contributed by atoms with Crippen LogP contribution in [0.2, 0.25) is 0 Å². The second-order valence-electron chi connectivity index (χ2n) is 9.40. The quantitative estimate of drug-likeness (QED) is 0.769. The lowest BCUT2D eigenvalue weighted by atomic mass is 9.82. The van der Waals surface area contributed by atoms with Gasteiger partial charge in [0.2, 0.25) is 0 Å². The van der Waals surface area contributed by atoms with E-state index in [1.165, 1.54) is 19.3 Å². The molecule has 1 unspecified atom stereocenters. The zero-order valence-electron chi connectivity index (χ0n) is 17.6. The molecule has 1 atom stereocenters. The zero-order valence-corrected chi connectivity index (χ0v) is 17.6. The molecule has 1 saturated heterocycles. The van der Waals surface area contributed by atoms with Gasteiger partial charge >= 0.3 is 6.09 Å². The summed E-state index contributed by atoms with van der Waals surface area (Å²) in [6.07, 6.45) is 3.15. The molecule has 5 nitrogen and oxygen atoms in total. The third-order valence-corrected chi connectivity index (χ3v) is 4.66. The minimum Gasteiger partial charge on any atom is -0.444 e. The Bertz CT molecular complexity index is 648. The second kappa shape index (κ2) is 8.32. The maximum atomic E-state index is 13.1. The van der Waals surface area contributed by atoms with Crippen molar-refractivity contribution in [2.24, 2.45) is 5.41 Å². The van der Waals surface area contributed by atoms with Crippen LogP contribution in [0.3, 0.4) is 0 Å². The van der Waals surface area contributed by atoms with Gasteiger partial charge in [-0.2, -0.15) is 0 Å². The third-order valence-electron chi connectivity index (χ3n) is 4.66. The molecule has 150 valence electrons. The first-order valence-electron chi connectivity index (χ1n) is 9.86. The molecule has 2 rings (SSSR count). The fourth-order valence-electron chi connectivity index (χ4n) is 3.26. The summed E-state index contributed by atoms with van der Waals surface area (Å²) < 4.78 is 5.34. The van der Waals surface area contributed by atoms with E-state index in [2.05, 4.69) is 10.2 Å². The third kappa shape index (κ3) is 6.26. The van der Waals surface area contributed by atoms with Crippen molar-refractivity contribution in [2.75, 3.05) is 18.0 Å². The van der Waals surface area contributed by atoms with Gasteiger partial charge in [-0.25, -0.2) is 4.79 Å². The van der Waals surface area contributed by atoms with E-state index in [1.807, 2.05) is 45.0 Å². The number of rotatable bonds is 4. The number of nitrogens with zero attached hydrogens (tertiary/aromatic N) is 1. The number of benzene rings is 1. The Hall–Kier alpha value is -2.04. The molecule has 0 aromatic heterocycles. The van der Waals surface area contributed by atoms with Crippen molar-refractivity contribution in [1.82, 2.24) is 5.32 Å². The van der Waals surface area contributed by atoms with Crippen LogP contribution in [0.15, 0.2) is 24.3 Å². The predicted octanol–water partition coefficient (Wildman–Crippen LogP) is 4.80. The summed E-state index contributed by atoms with van der Waals surface area (Å²) in [6.45, 7) is 13.4. The van der Waals surface area contributed by atoms with Crippen molar-refractivity contribution >= 4 is 17.6 Å². The Balaban J connectivity index is 2.13. The Labute approximate surface area is 163 Å². The number of carbonyl (C=O) groups excluding carboxylic acids is 2. The highest BCUT2D eigenvalue weighted by atomic mass is 16.6. The van der Waals surface area contributed by atoms with Crippen molar-refractivity contribution in [3.8, 4) is 0 Å². The topological polar surface area (TPSA) is 58.6 Å². The number of alkyl carbamates (subject to hydrolysis) is 1. The van der Waals surface area contributed by atoms with Gasteiger partial charge in [0, 0.05) is 24.3 Å². The molecule has 1 aliphatic heterocycles. The first-order chi connectivity index (χ1) is 12.5. The molecule has 0 aliphatic carbocycles. The average molecular weight is 375 g/mol.